The zero-order chi connectivity index (χ0) is 9.68. The third-order valence-electron chi connectivity index (χ3n) is 1.85. The summed E-state index contributed by atoms with van der Waals surface area (Å²) in [6.07, 6.45) is 4.41. The standard InChI is InChI=1S/C9H15N3O/c1-3-5-10-9(13)8(2)12-7-4-6-11-12/h4,6-8H,3,5H2,1-2H3,(H,10,13). The van der Waals surface area contributed by atoms with Gasteiger partial charge in [0.2, 0.25) is 5.91 Å². The molecule has 0 aromatic carbocycles. The zero-order valence-electron chi connectivity index (χ0n) is 8.03. The van der Waals surface area contributed by atoms with Gasteiger partial charge in [0.1, 0.15) is 6.04 Å². The molecule has 1 heterocycles. The Labute approximate surface area is 77.9 Å². The number of carbonyl (C=O) groups is 1. The van der Waals surface area contributed by atoms with Crippen molar-refractivity contribution in [1.29, 1.82) is 0 Å². The summed E-state index contributed by atoms with van der Waals surface area (Å²) in [7, 11) is 0. The van der Waals surface area contributed by atoms with Crippen molar-refractivity contribution in [2.45, 2.75) is 26.3 Å². The molecule has 0 aliphatic rings. The van der Waals surface area contributed by atoms with Crippen molar-refractivity contribution in [2.24, 2.45) is 0 Å². The van der Waals surface area contributed by atoms with Crippen molar-refractivity contribution in [3.05, 3.63) is 18.5 Å². The minimum Gasteiger partial charge on any atom is -0.354 e. The van der Waals surface area contributed by atoms with Crippen molar-refractivity contribution in [3.8, 4) is 0 Å². The molecular formula is C9H15N3O. The Morgan fingerprint density at radius 3 is 3.00 bits per heavy atom. The third kappa shape index (κ3) is 2.57. The largest absolute Gasteiger partial charge is 0.354 e. The smallest absolute Gasteiger partial charge is 0.244 e. The van der Waals surface area contributed by atoms with E-state index in [-0.39, 0.29) is 11.9 Å². The number of hydrogen-bond donors (Lipinski definition) is 1. The van der Waals surface area contributed by atoms with Crippen LogP contribution in [0.15, 0.2) is 18.5 Å². The van der Waals surface area contributed by atoms with Gasteiger partial charge in [-0.1, -0.05) is 6.92 Å². The van der Waals surface area contributed by atoms with E-state index in [0.29, 0.717) is 0 Å². The second-order valence-electron chi connectivity index (χ2n) is 2.95. The van der Waals surface area contributed by atoms with E-state index >= 15 is 0 Å². The predicted octanol–water partition coefficient (Wildman–Crippen LogP) is 0.970. The van der Waals surface area contributed by atoms with Crippen LogP contribution in [0.25, 0.3) is 0 Å². The maximum atomic E-state index is 11.4. The highest BCUT2D eigenvalue weighted by molar-refractivity contribution is 5.79. The van der Waals surface area contributed by atoms with Gasteiger partial charge in [-0.25, -0.2) is 0 Å². The third-order valence-corrected chi connectivity index (χ3v) is 1.85. The van der Waals surface area contributed by atoms with E-state index in [1.54, 1.807) is 17.1 Å². The fourth-order valence-corrected chi connectivity index (χ4v) is 1.03. The average molecular weight is 181 g/mol. The Morgan fingerprint density at radius 2 is 2.46 bits per heavy atom. The summed E-state index contributed by atoms with van der Waals surface area (Å²) < 4.78 is 1.64. The SMILES string of the molecule is CCCNC(=O)C(C)n1cccn1. The summed E-state index contributed by atoms with van der Waals surface area (Å²) in [5.41, 5.74) is 0. The molecule has 72 valence electrons. The average Bonchev–Trinajstić information content (AvgIpc) is 2.65. The van der Waals surface area contributed by atoms with Gasteiger partial charge in [-0.3, -0.25) is 9.48 Å². The zero-order valence-corrected chi connectivity index (χ0v) is 8.03. The van der Waals surface area contributed by atoms with Gasteiger partial charge in [0.15, 0.2) is 0 Å². The number of hydrogen-bond acceptors (Lipinski definition) is 2. The highest BCUT2D eigenvalue weighted by atomic mass is 16.2. The lowest BCUT2D eigenvalue weighted by molar-refractivity contribution is -0.124. The second-order valence-corrected chi connectivity index (χ2v) is 2.95. The van der Waals surface area contributed by atoms with E-state index in [4.69, 9.17) is 0 Å². The van der Waals surface area contributed by atoms with Gasteiger partial charge < -0.3 is 5.32 Å². The van der Waals surface area contributed by atoms with Crippen LogP contribution in [0, 0.1) is 0 Å². The number of rotatable bonds is 4. The molecule has 13 heavy (non-hydrogen) atoms. The van der Waals surface area contributed by atoms with Crippen LogP contribution in [-0.4, -0.2) is 22.2 Å². The maximum Gasteiger partial charge on any atom is 0.244 e. The summed E-state index contributed by atoms with van der Waals surface area (Å²) >= 11 is 0. The summed E-state index contributed by atoms with van der Waals surface area (Å²) in [4.78, 5) is 11.4. The molecule has 1 atom stereocenters. The lowest BCUT2D eigenvalue weighted by atomic mass is 10.3. The minimum absolute atomic E-state index is 0.0190. The molecule has 0 aliphatic heterocycles. The maximum absolute atomic E-state index is 11.4. The molecule has 0 radical (unpaired) electrons. The number of aromatic nitrogens is 2. The minimum atomic E-state index is -0.221. The quantitative estimate of drug-likeness (QED) is 0.752. The molecule has 0 saturated carbocycles. The molecule has 4 nitrogen and oxygen atoms in total. The highest BCUT2D eigenvalue weighted by Crippen LogP contribution is 2.02. The van der Waals surface area contributed by atoms with Gasteiger partial charge in [-0.2, -0.15) is 5.10 Å². The molecule has 0 bridgehead atoms. The monoisotopic (exact) mass is 181 g/mol. The molecule has 1 aromatic heterocycles. The van der Waals surface area contributed by atoms with Crippen molar-refractivity contribution < 1.29 is 4.79 Å². The number of carbonyl (C=O) groups excluding carboxylic acids is 1. The fourth-order valence-electron chi connectivity index (χ4n) is 1.03. The lowest BCUT2D eigenvalue weighted by Gasteiger charge is -2.11. The topological polar surface area (TPSA) is 46.9 Å². The normalized spacial score (nSPS) is 12.5. The molecule has 4 heteroatoms. The summed E-state index contributed by atoms with van der Waals surface area (Å²) in [5, 5.41) is 6.82. The van der Waals surface area contributed by atoms with E-state index in [9.17, 15) is 4.79 Å². The first-order valence-electron chi connectivity index (χ1n) is 4.52. The van der Waals surface area contributed by atoms with Crippen LogP contribution in [0.2, 0.25) is 0 Å². The number of amides is 1. The Balaban J connectivity index is 2.48. The molecule has 1 rings (SSSR count). The van der Waals surface area contributed by atoms with Gasteiger partial charge in [0.25, 0.3) is 0 Å². The van der Waals surface area contributed by atoms with Crippen molar-refractivity contribution in [2.75, 3.05) is 6.54 Å². The Kier molecular flexibility index (Phi) is 3.49. The van der Waals surface area contributed by atoms with Gasteiger partial charge in [0.05, 0.1) is 0 Å². The first-order chi connectivity index (χ1) is 6.25. The van der Waals surface area contributed by atoms with Crippen LogP contribution in [0.4, 0.5) is 0 Å². The van der Waals surface area contributed by atoms with Crippen LogP contribution < -0.4 is 5.32 Å². The number of nitrogens with one attached hydrogen (secondary N) is 1. The number of nitrogens with zero attached hydrogens (tertiary/aromatic N) is 2. The van der Waals surface area contributed by atoms with Crippen LogP contribution in [0.1, 0.15) is 26.3 Å². The van der Waals surface area contributed by atoms with Gasteiger partial charge in [0, 0.05) is 18.9 Å². The molecule has 0 fully saturated rings. The molecule has 1 amide bonds. The first-order valence-corrected chi connectivity index (χ1v) is 4.52. The van der Waals surface area contributed by atoms with Crippen molar-refractivity contribution in [1.82, 2.24) is 15.1 Å². The van der Waals surface area contributed by atoms with Crippen LogP contribution in [0.3, 0.4) is 0 Å². The Hall–Kier alpha value is -1.32. The predicted molar refractivity (Wildman–Crippen MR) is 50.2 cm³/mol. The van der Waals surface area contributed by atoms with Gasteiger partial charge in [-0.05, 0) is 19.4 Å². The summed E-state index contributed by atoms with van der Waals surface area (Å²) in [6, 6.07) is 1.59. The molecule has 0 spiro atoms. The molecule has 1 unspecified atom stereocenters. The van der Waals surface area contributed by atoms with Gasteiger partial charge >= 0.3 is 0 Å². The lowest BCUT2D eigenvalue weighted by Crippen LogP contribution is -2.31. The molecule has 1 aromatic rings. The van der Waals surface area contributed by atoms with Gasteiger partial charge in [-0.15, -0.1) is 0 Å². The van der Waals surface area contributed by atoms with Crippen LogP contribution >= 0.6 is 0 Å². The van der Waals surface area contributed by atoms with E-state index in [1.165, 1.54) is 0 Å². The highest BCUT2D eigenvalue weighted by Gasteiger charge is 2.13. The second kappa shape index (κ2) is 4.64. The summed E-state index contributed by atoms with van der Waals surface area (Å²) in [6.45, 7) is 4.58. The Bertz CT molecular complexity index is 256. The molecule has 0 saturated heterocycles. The van der Waals surface area contributed by atoms with E-state index in [1.807, 2.05) is 19.9 Å². The molecule has 0 aliphatic carbocycles. The van der Waals surface area contributed by atoms with Crippen molar-refractivity contribution >= 4 is 5.91 Å². The fraction of sp³-hybridized carbons (Fsp3) is 0.556. The first kappa shape index (κ1) is 9.77. The molecule has 1 N–H and O–H groups in total. The van der Waals surface area contributed by atoms with E-state index < -0.39 is 0 Å². The van der Waals surface area contributed by atoms with Crippen molar-refractivity contribution in [3.63, 3.8) is 0 Å². The van der Waals surface area contributed by atoms with E-state index in [2.05, 4.69) is 10.4 Å². The summed E-state index contributed by atoms with van der Waals surface area (Å²) in [5.74, 6) is 0.0190. The molecular weight excluding hydrogens is 166 g/mol. The van der Waals surface area contributed by atoms with E-state index in [0.717, 1.165) is 13.0 Å². The van der Waals surface area contributed by atoms with Crippen LogP contribution in [0.5, 0.6) is 0 Å². The van der Waals surface area contributed by atoms with Crippen LogP contribution in [-0.2, 0) is 4.79 Å². The Morgan fingerprint density at radius 1 is 1.69 bits per heavy atom.